The number of nitrogens with one attached hydrogen (secondary N) is 1. The lowest BCUT2D eigenvalue weighted by Gasteiger charge is -2.26. The zero-order valence-electron chi connectivity index (χ0n) is 10.6. The maximum absolute atomic E-state index is 12.1. The van der Waals surface area contributed by atoms with Crippen molar-refractivity contribution in [3.63, 3.8) is 0 Å². The molecule has 0 aromatic rings. The van der Waals surface area contributed by atoms with Gasteiger partial charge in [-0.2, -0.15) is 0 Å². The summed E-state index contributed by atoms with van der Waals surface area (Å²) in [5.41, 5.74) is 0. The predicted octanol–water partition coefficient (Wildman–Crippen LogP) is 0.746. The molecule has 1 atom stereocenters. The maximum Gasteiger partial charge on any atom is 0.214 e. The van der Waals surface area contributed by atoms with Crippen LogP contribution in [0.25, 0.3) is 0 Å². The fourth-order valence-electron chi connectivity index (χ4n) is 1.83. The van der Waals surface area contributed by atoms with Crippen LogP contribution in [0.3, 0.4) is 0 Å². The van der Waals surface area contributed by atoms with Crippen molar-refractivity contribution in [3.8, 4) is 0 Å². The molecule has 1 aliphatic rings. The van der Waals surface area contributed by atoms with E-state index in [0.29, 0.717) is 0 Å². The average Bonchev–Trinajstić information content (AvgIpc) is 2.25. The smallest absolute Gasteiger partial charge is 0.214 e. The highest BCUT2D eigenvalue weighted by Gasteiger charge is 2.34. The lowest BCUT2D eigenvalue weighted by atomic mass is 10.1. The number of alkyl halides is 1. The van der Waals surface area contributed by atoms with Crippen LogP contribution in [0, 0.1) is 5.92 Å². The minimum absolute atomic E-state index is 0.0498. The number of rotatable bonds is 5. The molecular weight excluding hydrogens is 298 g/mol. The first-order valence-corrected chi connectivity index (χ1v) is 9.85. The van der Waals surface area contributed by atoms with Crippen molar-refractivity contribution >= 4 is 31.5 Å². The Morgan fingerprint density at radius 3 is 2.17 bits per heavy atom. The summed E-state index contributed by atoms with van der Waals surface area (Å²) in [5, 5.41) is -0.620. The summed E-state index contributed by atoms with van der Waals surface area (Å²) in [7, 11) is -6.53. The summed E-state index contributed by atoms with van der Waals surface area (Å²) in [5.74, 6) is 0.212. The third-order valence-electron chi connectivity index (χ3n) is 3.23. The van der Waals surface area contributed by atoms with Crippen LogP contribution >= 0.6 is 11.6 Å². The van der Waals surface area contributed by atoms with Gasteiger partial charge >= 0.3 is 0 Å². The minimum atomic E-state index is -3.49. The average molecular weight is 318 g/mol. The maximum atomic E-state index is 12.1. The molecule has 5 nitrogen and oxygen atoms in total. The molecule has 1 saturated heterocycles. The Kier molecular flexibility index (Phi) is 5.46. The normalized spacial score (nSPS) is 23.1. The van der Waals surface area contributed by atoms with Crippen LogP contribution in [-0.2, 0) is 19.9 Å². The van der Waals surface area contributed by atoms with E-state index in [4.69, 9.17) is 11.6 Å². The number of sulfone groups is 1. The molecule has 1 aliphatic heterocycles. The van der Waals surface area contributed by atoms with E-state index in [1.165, 1.54) is 0 Å². The van der Waals surface area contributed by atoms with E-state index in [1.54, 1.807) is 0 Å². The van der Waals surface area contributed by atoms with Crippen LogP contribution in [0.4, 0.5) is 0 Å². The molecule has 1 rings (SSSR count). The molecule has 0 amide bonds. The molecular formula is C10H20ClNO4S2. The molecule has 0 aromatic heterocycles. The third kappa shape index (κ3) is 4.36. The van der Waals surface area contributed by atoms with Crippen molar-refractivity contribution in [1.82, 2.24) is 4.72 Å². The molecule has 0 aromatic carbocycles. The highest BCUT2D eigenvalue weighted by Crippen LogP contribution is 2.20. The highest BCUT2D eigenvalue weighted by atomic mass is 35.5. The number of hydrogen-bond donors (Lipinski definition) is 1. The summed E-state index contributed by atoms with van der Waals surface area (Å²) in [4.78, 5) is 0. The van der Waals surface area contributed by atoms with Crippen molar-refractivity contribution in [2.75, 3.05) is 17.4 Å². The zero-order valence-corrected chi connectivity index (χ0v) is 13.0. The first-order chi connectivity index (χ1) is 8.18. The Hall–Kier alpha value is 0.150. The van der Waals surface area contributed by atoms with E-state index < -0.39 is 25.1 Å². The predicted molar refractivity (Wildman–Crippen MR) is 73.1 cm³/mol. The molecule has 8 heteroatoms. The highest BCUT2D eigenvalue weighted by molar-refractivity contribution is 7.92. The molecule has 1 N–H and O–H groups in total. The standard InChI is InChI=1S/C10H20ClNO4S2/c1-8(2)10(7-11)12-18(15,16)9-3-5-17(13,14)6-4-9/h8-10,12H,3-7H2,1-2H3. The number of hydrogen-bond acceptors (Lipinski definition) is 4. The first-order valence-electron chi connectivity index (χ1n) is 5.95. The van der Waals surface area contributed by atoms with E-state index in [2.05, 4.69) is 4.72 Å². The summed E-state index contributed by atoms with van der Waals surface area (Å²) < 4.78 is 49.3. The van der Waals surface area contributed by atoms with Gasteiger partial charge in [-0.25, -0.2) is 21.6 Å². The van der Waals surface area contributed by atoms with Gasteiger partial charge in [0.1, 0.15) is 9.84 Å². The van der Waals surface area contributed by atoms with Gasteiger partial charge in [0.15, 0.2) is 0 Å². The van der Waals surface area contributed by atoms with Gasteiger partial charge < -0.3 is 0 Å². The van der Waals surface area contributed by atoms with Crippen molar-refractivity contribution in [2.45, 2.75) is 38.0 Å². The quantitative estimate of drug-likeness (QED) is 0.759. The largest absolute Gasteiger partial charge is 0.229 e. The van der Waals surface area contributed by atoms with Gasteiger partial charge in [-0.15, -0.1) is 11.6 Å². The van der Waals surface area contributed by atoms with Crippen LogP contribution in [0.2, 0.25) is 0 Å². The topological polar surface area (TPSA) is 80.3 Å². The van der Waals surface area contributed by atoms with Crippen LogP contribution in [-0.4, -0.2) is 45.5 Å². The van der Waals surface area contributed by atoms with Crippen molar-refractivity contribution in [2.24, 2.45) is 5.92 Å². The molecule has 0 aliphatic carbocycles. The van der Waals surface area contributed by atoms with Crippen LogP contribution in [0.5, 0.6) is 0 Å². The Balaban J connectivity index is 2.70. The Morgan fingerprint density at radius 2 is 1.78 bits per heavy atom. The summed E-state index contributed by atoms with van der Waals surface area (Å²) in [6.07, 6.45) is 0.343. The summed E-state index contributed by atoms with van der Waals surface area (Å²) in [6, 6.07) is -0.310. The molecule has 0 saturated carbocycles. The Morgan fingerprint density at radius 1 is 1.28 bits per heavy atom. The van der Waals surface area contributed by atoms with Crippen LogP contribution in [0.15, 0.2) is 0 Å². The van der Waals surface area contributed by atoms with Crippen molar-refractivity contribution in [3.05, 3.63) is 0 Å². The van der Waals surface area contributed by atoms with Crippen molar-refractivity contribution in [1.29, 1.82) is 0 Å². The lowest BCUT2D eigenvalue weighted by molar-refractivity contribution is 0.471. The van der Waals surface area contributed by atoms with Crippen LogP contribution < -0.4 is 4.72 Å². The van der Waals surface area contributed by atoms with Gasteiger partial charge in [0.25, 0.3) is 0 Å². The lowest BCUT2D eigenvalue weighted by Crippen LogP contribution is -2.46. The number of halogens is 1. The van der Waals surface area contributed by atoms with Gasteiger partial charge in [-0.05, 0) is 18.8 Å². The van der Waals surface area contributed by atoms with E-state index in [9.17, 15) is 16.8 Å². The molecule has 108 valence electrons. The fourth-order valence-corrected chi connectivity index (χ4v) is 5.97. The van der Waals surface area contributed by atoms with E-state index in [0.717, 1.165) is 0 Å². The molecule has 1 unspecified atom stereocenters. The molecule has 18 heavy (non-hydrogen) atoms. The van der Waals surface area contributed by atoms with E-state index in [1.807, 2.05) is 13.8 Å². The van der Waals surface area contributed by atoms with Gasteiger partial charge in [-0.3, -0.25) is 0 Å². The fraction of sp³-hybridized carbons (Fsp3) is 1.00. The van der Waals surface area contributed by atoms with Gasteiger partial charge in [-0.1, -0.05) is 13.8 Å². The molecule has 1 heterocycles. The third-order valence-corrected chi connectivity index (χ3v) is 7.26. The second-order valence-electron chi connectivity index (χ2n) is 5.02. The van der Waals surface area contributed by atoms with Gasteiger partial charge in [0.05, 0.1) is 16.8 Å². The monoisotopic (exact) mass is 317 g/mol. The summed E-state index contributed by atoms with van der Waals surface area (Å²) in [6.45, 7) is 3.78. The SMILES string of the molecule is CC(C)C(CCl)NS(=O)(=O)C1CCS(=O)(=O)CC1. The second kappa shape index (κ2) is 6.07. The molecule has 0 radical (unpaired) electrons. The molecule has 0 bridgehead atoms. The van der Waals surface area contributed by atoms with Gasteiger partial charge in [0.2, 0.25) is 10.0 Å². The zero-order chi connectivity index (χ0) is 14.0. The number of sulfonamides is 1. The van der Waals surface area contributed by atoms with E-state index >= 15 is 0 Å². The Bertz CT molecular complexity index is 458. The van der Waals surface area contributed by atoms with Crippen LogP contribution in [0.1, 0.15) is 26.7 Å². The summed E-state index contributed by atoms with van der Waals surface area (Å²) >= 11 is 5.73. The van der Waals surface area contributed by atoms with Crippen molar-refractivity contribution < 1.29 is 16.8 Å². The Labute approximate surface area is 114 Å². The minimum Gasteiger partial charge on any atom is -0.229 e. The first kappa shape index (κ1) is 16.2. The second-order valence-corrected chi connectivity index (χ2v) is 9.62. The van der Waals surface area contributed by atoms with E-state index in [-0.39, 0.29) is 42.2 Å². The molecule has 0 spiro atoms. The molecule has 1 fully saturated rings. The van der Waals surface area contributed by atoms with Gasteiger partial charge in [0, 0.05) is 11.9 Å².